The van der Waals surface area contributed by atoms with Crippen LogP contribution in [0.3, 0.4) is 0 Å². The van der Waals surface area contributed by atoms with Crippen LogP contribution < -0.4 is 16.8 Å². The number of primary amides is 1. The molecule has 0 aliphatic rings. The van der Waals surface area contributed by atoms with Crippen LogP contribution in [-0.4, -0.2) is 23.3 Å². The number of hydrogen-bond acceptors (Lipinski definition) is 4. The Kier molecular flexibility index (Phi) is 3.46. The van der Waals surface area contributed by atoms with Crippen molar-refractivity contribution in [1.82, 2.24) is 10.3 Å². The van der Waals surface area contributed by atoms with Crippen molar-refractivity contribution in [3.63, 3.8) is 0 Å². The van der Waals surface area contributed by atoms with E-state index in [-0.39, 0.29) is 23.1 Å². The summed E-state index contributed by atoms with van der Waals surface area (Å²) in [6.45, 7) is -0.237. The molecule has 0 aromatic carbocycles. The molecule has 0 spiro atoms. The molecule has 1 aromatic heterocycles. The number of amides is 2. The highest BCUT2D eigenvalue weighted by molar-refractivity contribution is 6.29. The van der Waals surface area contributed by atoms with E-state index in [2.05, 4.69) is 10.3 Å². The number of carbonyl (C=O) groups excluding carboxylic acids is 2. The molecule has 1 aromatic rings. The largest absolute Gasteiger partial charge is 0.384 e. The van der Waals surface area contributed by atoms with E-state index in [0.717, 1.165) is 0 Å². The Morgan fingerprint density at radius 1 is 1.47 bits per heavy atom. The molecule has 5 N–H and O–H groups in total. The van der Waals surface area contributed by atoms with Gasteiger partial charge in [-0.25, -0.2) is 4.98 Å². The van der Waals surface area contributed by atoms with Crippen LogP contribution >= 0.6 is 11.6 Å². The normalized spacial score (nSPS) is 9.67. The van der Waals surface area contributed by atoms with E-state index < -0.39 is 11.8 Å². The maximum Gasteiger partial charge on any atom is 0.251 e. The second-order valence-corrected chi connectivity index (χ2v) is 3.14. The van der Waals surface area contributed by atoms with Crippen LogP contribution in [0.1, 0.15) is 10.4 Å². The number of nitrogens with one attached hydrogen (secondary N) is 1. The van der Waals surface area contributed by atoms with Crippen molar-refractivity contribution in [2.45, 2.75) is 0 Å². The Morgan fingerprint density at radius 3 is 2.67 bits per heavy atom. The van der Waals surface area contributed by atoms with Gasteiger partial charge in [-0.2, -0.15) is 0 Å². The quantitative estimate of drug-likeness (QED) is 0.608. The molecule has 1 rings (SSSR count). The van der Waals surface area contributed by atoms with Crippen molar-refractivity contribution < 1.29 is 9.59 Å². The molecule has 0 fully saturated rings. The number of carbonyl (C=O) groups is 2. The van der Waals surface area contributed by atoms with Crippen molar-refractivity contribution in [2.24, 2.45) is 5.73 Å². The molecule has 15 heavy (non-hydrogen) atoms. The molecule has 80 valence electrons. The van der Waals surface area contributed by atoms with Gasteiger partial charge in [0.15, 0.2) is 0 Å². The number of nitrogens with zero attached hydrogens (tertiary/aromatic N) is 1. The monoisotopic (exact) mass is 228 g/mol. The first-order valence-electron chi connectivity index (χ1n) is 3.98. The van der Waals surface area contributed by atoms with Gasteiger partial charge < -0.3 is 16.8 Å². The summed E-state index contributed by atoms with van der Waals surface area (Å²) in [6, 6.07) is 2.69. The lowest BCUT2D eigenvalue weighted by Gasteiger charge is -2.03. The average Bonchev–Trinajstić information content (AvgIpc) is 2.12. The maximum absolute atomic E-state index is 11.4. The van der Waals surface area contributed by atoms with Crippen LogP contribution in [0, 0.1) is 0 Å². The second-order valence-electron chi connectivity index (χ2n) is 2.75. The molecular weight excluding hydrogens is 220 g/mol. The van der Waals surface area contributed by atoms with Crippen LogP contribution in [0.4, 0.5) is 5.82 Å². The molecule has 1 heterocycles. The zero-order chi connectivity index (χ0) is 11.4. The van der Waals surface area contributed by atoms with Gasteiger partial charge in [0.25, 0.3) is 5.91 Å². The molecule has 0 atom stereocenters. The Balaban J connectivity index is 2.77. The Labute approximate surface area is 90.6 Å². The summed E-state index contributed by atoms with van der Waals surface area (Å²) < 4.78 is 0. The number of anilines is 1. The minimum absolute atomic E-state index is 0.110. The van der Waals surface area contributed by atoms with Crippen LogP contribution in [0.2, 0.25) is 5.15 Å². The lowest BCUT2D eigenvalue weighted by Crippen LogP contribution is -2.33. The number of nitrogens with two attached hydrogens (primary N) is 2. The summed E-state index contributed by atoms with van der Waals surface area (Å²) in [5, 5.41) is 2.41. The number of aromatic nitrogens is 1. The third-order valence-corrected chi connectivity index (χ3v) is 1.69. The van der Waals surface area contributed by atoms with Gasteiger partial charge in [0, 0.05) is 5.56 Å². The van der Waals surface area contributed by atoms with Gasteiger partial charge >= 0.3 is 0 Å². The van der Waals surface area contributed by atoms with E-state index in [1.807, 2.05) is 0 Å². The van der Waals surface area contributed by atoms with E-state index >= 15 is 0 Å². The summed E-state index contributed by atoms with van der Waals surface area (Å²) in [4.78, 5) is 25.5. The lowest BCUT2D eigenvalue weighted by molar-refractivity contribution is -0.117. The molecule has 2 amide bonds. The van der Waals surface area contributed by atoms with Crippen LogP contribution in [0.15, 0.2) is 12.1 Å². The van der Waals surface area contributed by atoms with E-state index in [1.54, 1.807) is 0 Å². The first kappa shape index (κ1) is 11.3. The first-order chi connectivity index (χ1) is 6.99. The highest BCUT2D eigenvalue weighted by Crippen LogP contribution is 2.11. The van der Waals surface area contributed by atoms with E-state index in [4.69, 9.17) is 23.1 Å². The van der Waals surface area contributed by atoms with Gasteiger partial charge in [-0.1, -0.05) is 11.6 Å². The minimum atomic E-state index is -0.628. The second kappa shape index (κ2) is 4.61. The molecule has 0 unspecified atom stereocenters. The molecule has 0 radical (unpaired) electrons. The molecule has 0 saturated carbocycles. The standard InChI is InChI=1S/C8H9ClN4O2/c9-5-1-4(2-6(10)13-5)8(15)12-3-7(11)14/h1-2H,3H2,(H2,10,13)(H2,11,14)(H,12,15). The summed E-state index contributed by atoms with van der Waals surface area (Å²) in [6.07, 6.45) is 0. The fourth-order valence-corrected chi connectivity index (χ4v) is 1.13. The van der Waals surface area contributed by atoms with E-state index in [0.29, 0.717) is 0 Å². The average molecular weight is 229 g/mol. The maximum atomic E-state index is 11.4. The summed E-state index contributed by atoms with van der Waals surface area (Å²) in [7, 11) is 0. The van der Waals surface area contributed by atoms with Gasteiger partial charge in [0.05, 0.1) is 6.54 Å². The first-order valence-corrected chi connectivity index (χ1v) is 4.36. The predicted octanol–water partition coefficient (Wildman–Crippen LogP) is -0.468. The lowest BCUT2D eigenvalue weighted by atomic mass is 10.2. The van der Waals surface area contributed by atoms with E-state index in [1.165, 1.54) is 12.1 Å². The van der Waals surface area contributed by atoms with Crippen molar-refractivity contribution >= 4 is 29.2 Å². The molecule has 0 aliphatic heterocycles. The molecule has 6 nitrogen and oxygen atoms in total. The van der Waals surface area contributed by atoms with Gasteiger partial charge in [-0.3, -0.25) is 9.59 Å². The summed E-state index contributed by atoms with van der Waals surface area (Å²) in [5.41, 5.74) is 10.5. The summed E-state index contributed by atoms with van der Waals surface area (Å²) >= 11 is 5.59. The fraction of sp³-hybridized carbons (Fsp3) is 0.125. The minimum Gasteiger partial charge on any atom is -0.384 e. The number of hydrogen-bond donors (Lipinski definition) is 3. The van der Waals surface area contributed by atoms with Gasteiger partial charge in [-0.15, -0.1) is 0 Å². The van der Waals surface area contributed by atoms with Crippen LogP contribution in [0.25, 0.3) is 0 Å². The van der Waals surface area contributed by atoms with Gasteiger partial charge in [0.1, 0.15) is 11.0 Å². The third-order valence-electron chi connectivity index (χ3n) is 1.50. The highest BCUT2D eigenvalue weighted by atomic mass is 35.5. The zero-order valence-corrected chi connectivity index (χ0v) is 8.41. The number of nitrogen functional groups attached to an aromatic ring is 1. The summed E-state index contributed by atoms with van der Waals surface area (Å²) in [5.74, 6) is -0.979. The van der Waals surface area contributed by atoms with Crippen LogP contribution in [-0.2, 0) is 4.79 Å². The molecule has 0 bridgehead atoms. The van der Waals surface area contributed by atoms with Gasteiger partial charge in [-0.05, 0) is 12.1 Å². The SMILES string of the molecule is NC(=O)CNC(=O)c1cc(N)nc(Cl)c1. The smallest absolute Gasteiger partial charge is 0.251 e. The molecule has 0 saturated heterocycles. The number of pyridine rings is 1. The fourth-order valence-electron chi connectivity index (χ4n) is 0.918. The molecule has 0 aliphatic carbocycles. The third kappa shape index (κ3) is 3.43. The van der Waals surface area contributed by atoms with Crippen LogP contribution in [0.5, 0.6) is 0 Å². The Bertz CT molecular complexity index is 387. The van der Waals surface area contributed by atoms with Crippen molar-refractivity contribution in [1.29, 1.82) is 0 Å². The predicted molar refractivity (Wildman–Crippen MR) is 55.2 cm³/mol. The Morgan fingerprint density at radius 2 is 2.13 bits per heavy atom. The zero-order valence-electron chi connectivity index (χ0n) is 7.66. The van der Waals surface area contributed by atoms with Crippen molar-refractivity contribution in [2.75, 3.05) is 12.3 Å². The van der Waals surface area contributed by atoms with Gasteiger partial charge in [0.2, 0.25) is 5.91 Å². The topological polar surface area (TPSA) is 111 Å². The highest BCUT2D eigenvalue weighted by Gasteiger charge is 2.08. The Hall–Kier alpha value is -1.82. The molecular formula is C8H9ClN4O2. The molecule has 7 heteroatoms. The van der Waals surface area contributed by atoms with E-state index in [9.17, 15) is 9.59 Å². The van der Waals surface area contributed by atoms with Crippen molar-refractivity contribution in [3.8, 4) is 0 Å². The van der Waals surface area contributed by atoms with Crippen molar-refractivity contribution in [3.05, 3.63) is 22.8 Å². The number of halogens is 1. The number of rotatable bonds is 3.